The molecule has 2 aromatic carbocycles. The van der Waals surface area contributed by atoms with Crippen LogP contribution in [0.4, 0.5) is 11.4 Å². The van der Waals surface area contributed by atoms with Crippen molar-refractivity contribution in [3.63, 3.8) is 0 Å². The summed E-state index contributed by atoms with van der Waals surface area (Å²) in [4.78, 5) is 23.1. The number of carbonyl (C=O) groups is 2. The van der Waals surface area contributed by atoms with Crippen LogP contribution < -0.4 is 20.1 Å². The van der Waals surface area contributed by atoms with E-state index in [4.69, 9.17) is 9.47 Å². The second-order valence-corrected chi connectivity index (χ2v) is 5.25. The van der Waals surface area contributed by atoms with Gasteiger partial charge in [0.2, 0.25) is 5.91 Å². The highest BCUT2D eigenvalue weighted by Gasteiger charge is 2.09. The number of anilines is 2. The predicted octanol–water partition coefficient (Wildman–Crippen LogP) is 2.98. The van der Waals surface area contributed by atoms with Crippen molar-refractivity contribution in [3.8, 4) is 11.5 Å². The minimum Gasteiger partial charge on any atom is -0.495 e. The van der Waals surface area contributed by atoms with E-state index in [0.717, 1.165) is 5.56 Å². The summed E-state index contributed by atoms with van der Waals surface area (Å²) in [5, 5.41) is 5.42. The third kappa shape index (κ3) is 5.01. The average molecular weight is 328 g/mol. The fourth-order valence-corrected chi connectivity index (χ4v) is 2.12. The molecule has 2 N–H and O–H groups in total. The average Bonchev–Trinajstić information content (AvgIpc) is 2.53. The largest absolute Gasteiger partial charge is 0.495 e. The minimum absolute atomic E-state index is 0.152. The van der Waals surface area contributed by atoms with Gasteiger partial charge in [-0.15, -0.1) is 0 Å². The summed E-state index contributed by atoms with van der Waals surface area (Å²) in [5.74, 6) is 0.606. The van der Waals surface area contributed by atoms with Crippen molar-refractivity contribution in [2.24, 2.45) is 0 Å². The summed E-state index contributed by atoms with van der Waals surface area (Å²) in [6.07, 6.45) is 0. The molecule has 0 saturated carbocycles. The van der Waals surface area contributed by atoms with Crippen molar-refractivity contribution < 1.29 is 19.1 Å². The summed E-state index contributed by atoms with van der Waals surface area (Å²) >= 11 is 0. The molecule has 126 valence electrons. The molecule has 0 aliphatic carbocycles. The van der Waals surface area contributed by atoms with Crippen molar-refractivity contribution in [1.29, 1.82) is 0 Å². The Balaban J connectivity index is 1.96. The maximum Gasteiger partial charge on any atom is 0.262 e. The molecule has 6 nitrogen and oxygen atoms in total. The van der Waals surface area contributed by atoms with Crippen LogP contribution in [0.1, 0.15) is 12.5 Å². The third-order valence-corrected chi connectivity index (χ3v) is 3.15. The number of hydrogen-bond donors (Lipinski definition) is 2. The Kier molecular flexibility index (Phi) is 5.78. The third-order valence-electron chi connectivity index (χ3n) is 3.15. The molecule has 0 spiro atoms. The molecule has 0 heterocycles. The predicted molar refractivity (Wildman–Crippen MR) is 92.6 cm³/mol. The Morgan fingerprint density at radius 3 is 2.58 bits per heavy atom. The quantitative estimate of drug-likeness (QED) is 0.855. The van der Waals surface area contributed by atoms with Crippen LogP contribution in [-0.2, 0) is 9.59 Å². The van der Waals surface area contributed by atoms with E-state index in [1.54, 1.807) is 37.4 Å². The van der Waals surface area contributed by atoms with Crippen LogP contribution in [0.5, 0.6) is 11.5 Å². The number of benzene rings is 2. The van der Waals surface area contributed by atoms with Gasteiger partial charge in [-0.1, -0.05) is 12.1 Å². The van der Waals surface area contributed by atoms with Crippen LogP contribution in [-0.4, -0.2) is 25.5 Å². The molecule has 0 aliphatic heterocycles. The Morgan fingerprint density at radius 2 is 1.88 bits per heavy atom. The Bertz CT molecular complexity index is 744. The monoisotopic (exact) mass is 328 g/mol. The number of ether oxygens (including phenoxy) is 2. The molecule has 0 saturated heterocycles. The number of carbonyl (C=O) groups excluding carboxylic acids is 2. The lowest BCUT2D eigenvalue weighted by atomic mass is 10.2. The van der Waals surface area contributed by atoms with Crippen molar-refractivity contribution in [2.45, 2.75) is 13.8 Å². The van der Waals surface area contributed by atoms with Crippen molar-refractivity contribution in [2.75, 3.05) is 24.4 Å². The molecule has 0 unspecified atom stereocenters. The molecular formula is C18H20N2O4. The van der Waals surface area contributed by atoms with E-state index in [-0.39, 0.29) is 18.4 Å². The normalized spacial score (nSPS) is 9.96. The lowest BCUT2D eigenvalue weighted by Crippen LogP contribution is -2.20. The van der Waals surface area contributed by atoms with Gasteiger partial charge in [-0.25, -0.2) is 0 Å². The number of methoxy groups -OCH3 is 1. The minimum atomic E-state index is -0.302. The molecule has 2 rings (SSSR count). The summed E-state index contributed by atoms with van der Waals surface area (Å²) in [5.41, 5.74) is 2.22. The fraction of sp³-hybridized carbons (Fsp3) is 0.222. The lowest BCUT2D eigenvalue weighted by Gasteiger charge is -2.12. The van der Waals surface area contributed by atoms with Gasteiger partial charge in [0.25, 0.3) is 5.91 Å². The molecule has 0 fully saturated rings. The number of hydrogen-bond acceptors (Lipinski definition) is 4. The zero-order chi connectivity index (χ0) is 17.5. The highest BCUT2D eigenvalue weighted by Crippen LogP contribution is 2.25. The highest BCUT2D eigenvalue weighted by molar-refractivity contribution is 5.93. The fourth-order valence-electron chi connectivity index (χ4n) is 2.12. The first-order valence-corrected chi connectivity index (χ1v) is 7.43. The van der Waals surface area contributed by atoms with Crippen LogP contribution in [0.2, 0.25) is 0 Å². The van der Waals surface area contributed by atoms with Crippen LogP contribution >= 0.6 is 0 Å². The van der Waals surface area contributed by atoms with Gasteiger partial charge in [-0.05, 0) is 36.8 Å². The van der Waals surface area contributed by atoms with E-state index >= 15 is 0 Å². The smallest absolute Gasteiger partial charge is 0.262 e. The Labute approximate surface area is 140 Å². The van der Waals surface area contributed by atoms with Gasteiger partial charge in [0.15, 0.2) is 6.61 Å². The summed E-state index contributed by atoms with van der Waals surface area (Å²) in [6.45, 7) is 3.20. The zero-order valence-electron chi connectivity index (χ0n) is 13.9. The molecule has 2 aromatic rings. The molecule has 0 aromatic heterocycles. The maximum absolute atomic E-state index is 12.1. The van der Waals surface area contributed by atoms with Crippen LogP contribution in [0.25, 0.3) is 0 Å². The molecule has 6 heteroatoms. The first kappa shape index (κ1) is 17.3. The van der Waals surface area contributed by atoms with Gasteiger partial charge in [0.05, 0.1) is 12.8 Å². The van der Waals surface area contributed by atoms with Gasteiger partial charge in [0, 0.05) is 18.7 Å². The molecule has 0 radical (unpaired) electrons. The Hall–Kier alpha value is -3.02. The number of aryl methyl sites for hydroxylation is 1. The van der Waals surface area contributed by atoms with E-state index in [1.807, 2.05) is 19.1 Å². The highest BCUT2D eigenvalue weighted by atomic mass is 16.5. The van der Waals surface area contributed by atoms with Crippen molar-refractivity contribution in [3.05, 3.63) is 48.0 Å². The van der Waals surface area contributed by atoms with Gasteiger partial charge < -0.3 is 20.1 Å². The maximum atomic E-state index is 12.1. The van der Waals surface area contributed by atoms with E-state index in [2.05, 4.69) is 10.6 Å². The SMILES string of the molecule is COc1ccc(C)cc1NC(=O)COc1cccc(NC(C)=O)c1. The molecule has 0 atom stereocenters. The molecular weight excluding hydrogens is 308 g/mol. The summed E-state index contributed by atoms with van der Waals surface area (Å²) < 4.78 is 10.7. The second kappa shape index (κ2) is 8.01. The van der Waals surface area contributed by atoms with E-state index in [0.29, 0.717) is 22.9 Å². The van der Waals surface area contributed by atoms with Gasteiger partial charge in [0.1, 0.15) is 11.5 Å². The number of rotatable bonds is 6. The second-order valence-electron chi connectivity index (χ2n) is 5.25. The Morgan fingerprint density at radius 1 is 1.08 bits per heavy atom. The van der Waals surface area contributed by atoms with Crippen LogP contribution in [0.3, 0.4) is 0 Å². The summed E-state index contributed by atoms with van der Waals surface area (Å²) in [6, 6.07) is 12.4. The standard InChI is InChI=1S/C18H20N2O4/c1-12-7-8-17(23-3)16(9-12)20-18(22)11-24-15-6-4-5-14(10-15)19-13(2)21/h4-10H,11H2,1-3H3,(H,19,21)(H,20,22). The first-order valence-electron chi connectivity index (χ1n) is 7.43. The van der Waals surface area contributed by atoms with Crippen molar-refractivity contribution >= 4 is 23.2 Å². The number of nitrogens with one attached hydrogen (secondary N) is 2. The van der Waals surface area contributed by atoms with Crippen molar-refractivity contribution in [1.82, 2.24) is 0 Å². The summed E-state index contributed by atoms with van der Waals surface area (Å²) in [7, 11) is 1.55. The van der Waals surface area contributed by atoms with Gasteiger partial charge in [-0.3, -0.25) is 9.59 Å². The van der Waals surface area contributed by atoms with E-state index < -0.39 is 0 Å². The molecule has 0 bridgehead atoms. The van der Waals surface area contributed by atoms with Crippen LogP contribution in [0.15, 0.2) is 42.5 Å². The topological polar surface area (TPSA) is 76.7 Å². The van der Waals surface area contributed by atoms with Crippen LogP contribution in [0, 0.1) is 6.92 Å². The first-order chi connectivity index (χ1) is 11.5. The molecule has 24 heavy (non-hydrogen) atoms. The molecule has 2 amide bonds. The van der Waals surface area contributed by atoms with Gasteiger partial charge in [-0.2, -0.15) is 0 Å². The van der Waals surface area contributed by atoms with E-state index in [1.165, 1.54) is 6.92 Å². The zero-order valence-corrected chi connectivity index (χ0v) is 13.9. The number of amides is 2. The molecule has 0 aliphatic rings. The lowest BCUT2D eigenvalue weighted by molar-refractivity contribution is -0.118. The van der Waals surface area contributed by atoms with E-state index in [9.17, 15) is 9.59 Å². The van der Waals surface area contributed by atoms with Gasteiger partial charge >= 0.3 is 0 Å².